The number of benzene rings is 2. The molecule has 0 unspecified atom stereocenters. The van der Waals surface area contributed by atoms with Crippen LogP contribution in [0.15, 0.2) is 48.5 Å². The van der Waals surface area contributed by atoms with Gasteiger partial charge in [-0.15, -0.1) is 0 Å². The lowest BCUT2D eigenvalue weighted by Gasteiger charge is -2.05. The van der Waals surface area contributed by atoms with E-state index in [2.05, 4.69) is 0 Å². The van der Waals surface area contributed by atoms with Crippen LogP contribution in [0.2, 0.25) is 0 Å². The average molecular weight is 298 g/mol. The molecular weight excluding hydrogens is 287 g/mol. The van der Waals surface area contributed by atoms with E-state index in [0.29, 0.717) is 16.9 Å². The summed E-state index contributed by atoms with van der Waals surface area (Å²) in [4.78, 5) is 23.9. The van der Waals surface area contributed by atoms with Crippen molar-refractivity contribution in [2.45, 2.75) is 0 Å². The summed E-state index contributed by atoms with van der Waals surface area (Å²) in [5.74, 6) is -1.24. The Morgan fingerprint density at radius 3 is 1.73 bits per heavy atom. The molecule has 0 fully saturated rings. The van der Waals surface area contributed by atoms with Gasteiger partial charge in [-0.05, 0) is 35.4 Å². The number of hydrogen-bond acceptors (Lipinski definition) is 4. The van der Waals surface area contributed by atoms with E-state index in [-0.39, 0.29) is 11.1 Å². The molecule has 0 bridgehead atoms. The Morgan fingerprint density at radius 2 is 1.27 bits per heavy atom. The van der Waals surface area contributed by atoms with Gasteiger partial charge in [0.05, 0.1) is 18.3 Å². The van der Waals surface area contributed by atoms with Gasteiger partial charge in [-0.2, -0.15) is 0 Å². The van der Waals surface area contributed by atoms with Crippen molar-refractivity contribution >= 4 is 23.1 Å². The summed E-state index contributed by atoms with van der Waals surface area (Å²) in [6.07, 6.45) is 0. The number of rotatable bonds is 3. The molecule has 0 amide bonds. The van der Waals surface area contributed by atoms with Gasteiger partial charge in [0.2, 0.25) is 0 Å². The first-order valence-electron chi connectivity index (χ1n) is 6.51. The molecule has 22 heavy (non-hydrogen) atoms. The molecule has 1 aliphatic rings. The lowest BCUT2D eigenvalue weighted by Crippen LogP contribution is -2.02. The van der Waals surface area contributed by atoms with Crippen molar-refractivity contribution in [3.8, 4) is 5.75 Å². The maximum Gasteiger partial charge on any atom is 0.347 e. The van der Waals surface area contributed by atoms with E-state index in [1.807, 2.05) is 0 Å². The third kappa shape index (κ3) is 2.37. The molecule has 4 nitrogen and oxygen atoms in total. The highest BCUT2D eigenvalue weighted by atomic mass is 19.1. The van der Waals surface area contributed by atoms with Crippen LogP contribution in [0.5, 0.6) is 5.75 Å². The first-order chi connectivity index (χ1) is 10.6. The molecule has 3 rings (SSSR count). The van der Waals surface area contributed by atoms with E-state index in [1.54, 1.807) is 24.3 Å². The number of methoxy groups -OCH3 is 1. The second-order valence-electron chi connectivity index (χ2n) is 4.66. The molecule has 2 aromatic carbocycles. The Labute approximate surface area is 125 Å². The minimum atomic E-state index is -0.734. The summed E-state index contributed by atoms with van der Waals surface area (Å²) in [6.45, 7) is 0. The van der Waals surface area contributed by atoms with Crippen LogP contribution in [0.4, 0.5) is 4.39 Å². The molecule has 0 spiro atoms. The van der Waals surface area contributed by atoms with Gasteiger partial charge in [0, 0.05) is 0 Å². The molecule has 110 valence electrons. The van der Waals surface area contributed by atoms with Crippen molar-refractivity contribution in [1.29, 1.82) is 0 Å². The van der Waals surface area contributed by atoms with E-state index < -0.39 is 17.8 Å². The molecule has 1 aliphatic heterocycles. The van der Waals surface area contributed by atoms with E-state index in [9.17, 15) is 14.0 Å². The Kier molecular flexibility index (Phi) is 3.47. The number of carbonyl (C=O) groups excluding carboxylic acids is 2. The Balaban J connectivity index is 2.15. The van der Waals surface area contributed by atoms with Crippen LogP contribution >= 0.6 is 0 Å². The van der Waals surface area contributed by atoms with Crippen molar-refractivity contribution in [3.63, 3.8) is 0 Å². The Bertz CT molecular complexity index is 773. The normalized spacial score (nSPS) is 14.3. The topological polar surface area (TPSA) is 52.6 Å². The summed E-state index contributed by atoms with van der Waals surface area (Å²) in [7, 11) is 1.53. The monoisotopic (exact) mass is 298 g/mol. The van der Waals surface area contributed by atoms with Crippen molar-refractivity contribution in [2.24, 2.45) is 0 Å². The highest BCUT2D eigenvalue weighted by molar-refractivity contribution is 6.44. The average Bonchev–Trinajstić information content (AvgIpc) is 2.82. The third-order valence-corrected chi connectivity index (χ3v) is 3.36. The number of ether oxygens (including phenoxy) is 2. The van der Waals surface area contributed by atoms with Gasteiger partial charge < -0.3 is 9.47 Å². The molecule has 0 N–H and O–H groups in total. The smallest absolute Gasteiger partial charge is 0.347 e. The molecule has 0 atom stereocenters. The van der Waals surface area contributed by atoms with Gasteiger partial charge in [-0.1, -0.05) is 24.3 Å². The minimum absolute atomic E-state index is 0.134. The fraction of sp³-hybridized carbons (Fsp3) is 0.0588. The van der Waals surface area contributed by atoms with Crippen molar-refractivity contribution in [3.05, 3.63) is 65.5 Å². The summed E-state index contributed by atoms with van der Waals surface area (Å²) < 4.78 is 22.8. The number of halogens is 1. The largest absolute Gasteiger partial charge is 0.497 e. The standard InChI is InChI=1S/C17H11FO4/c1-21-13-8-4-11(5-9-13)15-14(16(19)22-17(15)20)10-2-6-12(18)7-3-10/h2-9H,1H3. The van der Waals surface area contributed by atoms with Crippen LogP contribution in [-0.4, -0.2) is 19.0 Å². The highest BCUT2D eigenvalue weighted by Gasteiger charge is 2.34. The lowest BCUT2D eigenvalue weighted by molar-refractivity contribution is -0.149. The number of carbonyl (C=O) groups is 2. The Morgan fingerprint density at radius 1 is 0.818 bits per heavy atom. The quantitative estimate of drug-likeness (QED) is 0.646. The number of cyclic esters (lactones) is 2. The molecule has 0 saturated carbocycles. The van der Waals surface area contributed by atoms with Gasteiger partial charge in [0.1, 0.15) is 11.6 Å². The van der Waals surface area contributed by atoms with Crippen LogP contribution in [0.3, 0.4) is 0 Å². The fourth-order valence-electron chi connectivity index (χ4n) is 2.29. The molecule has 0 aromatic heterocycles. The van der Waals surface area contributed by atoms with E-state index in [0.717, 1.165) is 0 Å². The van der Waals surface area contributed by atoms with E-state index in [1.165, 1.54) is 31.4 Å². The minimum Gasteiger partial charge on any atom is -0.497 e. The number of esters is 2. The van der Waals surface area contributed by atoms with Crippen molar-refractivity contribution < 1.29 is 23.5 Å². The maximum absolute atomic E-state index is 13.0. The Hall–Kier alpha value is -2.95. The second-order valence-corrected chi connectivity index (χ2v) is 4.66. The van der Waals surface area contributed by atoms with Crippen LogP contribution in [0.25, 0.3) is 11.1 Å². The lowest BCUT2D eigenvalue weighted by atomic mass is 9.96. The molecule has 5 heteroatoms. The van der Waals surface area contributed by atoms with E-state index >= 15 is 0 Å². The van der Waals surface area contributed by atoms with Crippen LogP contribution < -0.4 is 4.74 Å². The molecule has 0 saturated heterocycles. The highest BCUT2D eigenvalue weighted by Crippen LogP contribution is 2.34. The summed E-state index contributed by atoms with van der Waals surface area (Å²) in [5.41, 5.74) is 1.27. The van der Waals surface area contributed by atoms with Crippen LogP contribution in [0.1, 0.15) is 11.1 Å². The molecular formula is C17H11FO4. The molecule has 1 heterocycles. The third-order valence-electron chi connectivity index (χ3n) is 3.36. The van der Waals surface area contributed by atoms with Crippen LogP contribution in [-0.2, 0) is 14.3 Å². The van der Waals surface area contributed by atoms with Gasteiger partial charge >= 0.3 is 11.9 Å². The summed E-state index contributed by atoms with van der Waals surface area (Å²) >= 11 is 0. The summed E-state index contributed by atoms with van der Waals surface area (Å²) in [5, 5.41) is 0. The van der Waals surface area contributed by atoms with Gasteiger partial charge in [0.25, 0.3) is 0 Å². The van der Waals surface area contributed by atoms with Gasteiger partial charge in [-0.25, -0.2) is 14.0 Å². The first-order valence-corrected chi connectivity index (χ1v) is 6.51. The van der Waals surface area contributed by atoms with Crippen molar-refractivity contribution in [2.75, 3.05) is 7.11 Å². The van der Waals surface area contributed by atoms with E-state index in [4.69, 9.17) is 9.47 Å². The molecule has 2 aromatic rings. The predicted octanol–water partition coefficient (Wildman–Crippen LogP) is 2.83. The number of hydrogen-bond donors (Lipinski definition) is 0. The SMILES string of the molecule is COc1ccc(C2=C(c3ccc(F)cc3)C(=O)OC2=O)cc1. The predicted molar refractivity (Wildman–Crippen MR) is 77.3 cm³/mol. The van der Waals surface area contributed by atoms with Gasteiger partial charge in [0.15, 0.2) is 0 Å². The van der Waals surface area contributed by atoms with Crippen molar-refractivity contribution in [1.82, 2.24) is 0 Å². The maximum atomic E-state index is 13.0. The second kappa shape index (κ2) is 5.44. The molecule has 0 aliphatic carbocycles. The van der Waals surface area contributed by atoms with Crippen LogP contribution in [0, 0.1) is 5.82 Å². The zero-order chi connectivity index (χ0) is 15.7. The zero-order valence-corrected chi connectivity index (χ0v) is 11.6. The summed E-state index contributed by atoms with van der Waals surface area (Å²) in [6, 6.07) is 12.0. The molecule has 0 radical (unpaired) electrons. The zero-order valence-electron chi connectivity index (χ0n) is 11.6. The first kappa shape index (κ1) is 14.0. The fourth-order valence-corrected chi connectivity index (χ4v) is 2.29. The van der Waals surface area contributed by atoms with Gasteiger partial charge in [-0.3, -0.25) is 0 Å².